The summed E-state index contributed by atoms with van der Waals surface area (Å²) in [6.45, 7) is 0.212. The molecule has 0 saturated carbocycles. The lowest BCUT2D eigenvalue weighted by Crippen LogP contribution is -2.57. The number of hydrogen-bond acceptors (Lipinski definition) is 9. The molecular formula is C21H40N12O7. The second-order valence-electron chi connectivity index (χ2n) is 8.70. The van der Waals surface area contributed by atoms with Gasteiger partial charge in [0.1, 0.15) is 18.1 Å². The molecule has 40 heavy (non-hydrogen) atoms. The lowest BCUT2D eigenvalue weighted by molar-refractivity contribution is -0.142. The molecule has 0 spiro atoms. The molecule has 4 atom stereocenters. The number of hydrogen-bond donors (Lipinski definition) is 11. The summed E-state index contributed by atoms with van der Waals surface area (Å²) in [4.78, 5) is 80.1. The van der Waals surface area contributed by atoms with E-state index >= 15 is 0 Å². The standard InChI is InChI=1S/C21H40N12O7/c22-10(9-15(24)35)16(36)31-11(3-1-7-29-20(25)26)17(37)32-12(5-6-14(23)34)18(38)33-13(19(39)40)4-2-8-30-21(27)28/h10-13H,1-9,22H2,(H2,23,34)(H2,24,35)(H,31,36)(H,32,37)(H,33,38)(H,39,40)(H4,25,26,29)(H4,27,28,30). The Kier molecular flexibility index (Phi) is 16.4. The number of aliphatic imine (C=N–C) groups is 2. The summed E-state index contributed by atoms with van der Waals surface area (Å²) in [5, 5.41) is 16.6. The SMILES string of the molecule is NC(=O)CCC(NC(=O)C(CCCN=C(N)N)NC(=O)C(N)CC(N)=O)C(=O)NC(CCCN=C(N)N)C(=O)O. The van der Waals surface area contributed by atoms with Crippen molar-refractivity contribution < 1.29 is 33.9 Å². The Morgan fingerprint density at radius 2 is 1.05 bits per heavy atom. The van der Waals surface area contributed by atoms with Crippen LogP contribution >= 0.6 is 0 Å². The van der Waals surface area contributed by atoms with E-state index in [9.17, 15) is 33.9 Å². The quantitative estimate of drug-likeness (QED) is 0.0369. The first kappa shape index (κ1) is 35.3. The van der Waals surface area contributed by atoms with Crippen molar-refractivity contribution in [1.82, 2.24) is 16.0 Å². The molecule has 5 amide bonds. The number of primary amides is 2. The normalized spacial score (nSPS) is 13.4. The van der Waals surface area contributed by atoms with Gasteiger partial charge in [0, 0.05) is 19.5 Å². The number of carbonyl (C=O) groups is 6. The van der Waals surface area contributed by atoms with E-state index in [1.807, 2.05) is 0 Å². The Morgan fingerprint density at radius 1 is 0.625 bits per heavy atom. The molecule has 0 bridgehead atoms. The maximum absolute atomic E-state index is 13.1. The number of guanidine groups is 2. The molecule has 0 aliphatic heterocycles. The van der Waals surface area contributed by atoms with E-state index in [4.69, 9.17) is 40.1 Å². The molecule has 0 aromatic carbocycles. The van der Waals surface area contributed by atoms with Gasteiger partial charge in [0.05, 0.1) is 12.5 Å². The third-order valence-corrected chi connectivity index (χ3v) is 5.21. The van der Waals surface area contributed by atoms with Crippen LogP contribution in [0.2, 0.25) is 0 Å². The van der Waals surface area contributed by atoms with Gasteiger partial charge in [-0.1, -0.05) is 0 Å². The van der Waals surface area contributed by atoms with Gasteiger partial charge in [-0.3, -0.25) is 34.0 Å². The van der Waals surface area contributed by atoms with Crippen molar-refractivity contribution in [2.75, 3.05) is 13.1 Å². The fourth-order valence-corrected chi connectivity index (χ4v) is 3.22. The molecule has 18 N–H and O–H groups in total. The van der Waals surface area contributed by atoms with Crippen LogP contribution in [0.1, 0.15) is 44.9 Å². The second kappa shape index (κ2) is 18.6. The first-order chi connectivity index (χ1) is 18.6. The molecule has 0 saturated heterocycles. The molecule has 19 nitrogen and oxygen atoms in total. The van der Waals surface area contributed by atoms with E-state index in [0.717, 1.165) is 0 Å². The zero-order chi connectivity index (χ0) is 30.8. The van der Waals surface area contributed by atoms with Gasteiger partial charge in [-0.25, -0.2) is 4.79 Å². The molecule has 0 rings (SSSR count). The van der Waals surface area contributed by atoms with E-state index in [1.54, 1.807) is 0 Å². The number of carboxylic acid groups (broad SMARTS) is 1. The molecule has 0 fully saturated rings. The summed E-state index contributed by atoms with van der Waals surface area (Å²) in [5.41, 5.74) is 36.9. The van der Waals surface area contributed by atoms with Crippen LogP contribution in [0.15, 0.2) is 9.98 Å². The predicted molar refractivity (Wildman–Crippen MR) is 143 cm³/mol. The molecule has 0 aromatic heterocycles. The van der Waals surface area contributed by atoms with Crippen molar-refractivity contribution in [2.45, 2.75) is 69.1 Å². The number of amides is 5. The highest BCUT2D eigenvalue weighted by Gasteiger charge is 2.30. The number of rotatable bonds is 20. The Bertz CT molecular complexity index is 964. The number of carboxylic acids is 1. The van der Waals surface area contributed by atoms with E-state index in [-0.39, 0.29) is 63.5 Å². The average Bonchev–Trinajstić information content (AvgIpc) is 2.83. The first-order valence-corrected chi connectivity index (χ1v) is 12.2. The minimum absolute atomic E-state index is 0.0235. The first-order valence-electron chi connectivity index (χ1n) is 12.2. The van der Waals surface area contributed by atoms with Crippen LogP contribution in [0.3, 0.4) is 0 Å². The van der Waals surface area contributed by atoms with Crippen LogP contribution in [-0.4, -0.2) is 89.8 Å². The van der Waals surface area contributed by atoms with Gasteiger partial charge in [0.2, 0.25) is 29.5 Å². The van der Waals surface area contributed by atoms with Gasteiger partial charge in [-0.15, -0.1) is 0 Å². The number of aliphatic carboxylic acids is 1. The third-order valence-electron chi connectivity index (χ3n) is 5.21. The highest BCUT2D eigenvalue weighted by atomic mass is 16.4. The molecule has 19 heteroatoms. The minimum Gasteiger partial charge on any atom is -0.480 e. The summed E-state index contributed by atoms with van der Waals surface area (Å²) in [6, 6.07) is -5.40. The maximum atomic E-state index is 13.1. The Hall–Kier alpha value is -4.68. The van der Waals surface area contributed by atoms with Crippen LogP contribution < -0.4 is 56.1 Å². The zero-order valence-corrected chi connectivity index (χ0v) is 22.0. The average molecular weight is 573 g/mol. The van der Waals surface area contributed by atoms with Crippen molar-refractivity contribution in [3.8, 4) is 0 Å². The molecule has 0 heterocycles. The molecule has 4 unspecified atom stereocenters. The van der Waals surface area contributed by atoms with Crippen LogP contribution in [0.5, 0.6) is 0 Å². The highest BCUT2D eigenvalue weighted by molar-refractivity contribution is 5.95. The van der Waals surface area contributed by atoms with Crippen molar-refractivity contribution in [3.63, 3.8) is 0 Å². The van der Waals surface area contributed by atoms with Crippen LogP contribution in [0.25, 0.3) is 0 Å². The van der Waals surface area contributed by atoms with Crippen LogP contribution in [-0.2, 0) is 28.8 Å². The predicted octanol–water partition coefficient (Wildman–Crippen LogP) is -5.90. The smallest absolute Gasteiger partial charge is 0.326 e. The van der Waals surface area contributed by atoms with E-state index in [1.165, 1.54) is 0 Å². The van der Waals surface area contributed by atoms with E-state index in [2.05, 4.69) is 25.9 Å². The summed E-state index contributed by atoms with van der Waals surface area (Å²) < 4.78 is 0. The van der Waals surface area contributed by atoms with Crippen molar-refractivity contribution in [1.29, 1.82) is 0 Å². The summed E-state index contributed by atoms with van der Waals surface area (Å²) >= 11 is 0. The van der Waals surface area contributed by atoms with Crippen LogP contribution in [0.4, 0.5) is 0 Å². The van der Waals surface area contributed by atoms with Gasteiger partial charge in [0.15, 0.2) is 11.9 Å². The van der Waals surface area contributed by atoms with Gasteiger partial charge in [0.25, 0.3) is 0 Å². The number of nitrogens with one attached hydrogen (secondary N) is 3. The van der Waals surface area contributed by atoms with Crippen molar-refractivity contribution in [3.05, 3.63) is 0 Å². The zero-order valence-electron chi connectivity index (χ0n) is 22.0. The van der Waals surface area contributed by atoms with Gasteiger partial charge < -0.3 is 61.2 Å². The number of carbonyl (C=O) groups excluding carboxylic acids is 5. The highest BCUT2D eigenvalue weighted by Crippen LogP contribution is 2.06. The topological polar surface area (TPSA) is 366 Å². The Labute approximate surface area is 230 Å². The third kappa shape index (κ3) is 16.2. The lowest BCUT2D eigenvalue weighted by atomic mass is 10.1. The number of nitrogens with two attached hydrogens (primary N) is 7. The Balaban J connectivity index is 5.70. The number of nitrogens with zero attached hydrogens (tertiary/aromatic N) is 2. The van der Waals surface area contributed by atoms with Crippen LogP contribution in [0, 0.1) is 0 Å². The Morgan fingerprint density at radius 3 is 1.48 bits per heavy atom. The molecule has 0 aliphatic rings. The van der Waals surface area contributed by atoms with E-state index < -0.39 is 66.1 Å². The van der Waals surface area contributed by atoms with Crippen molar-refractivity contribution in [2.24, 2.45) is 50.1 Å². The van der Waals surface area contributed by atoms with E-state index in [0.29, 0.717) is 0 Å². The van der Waals surface area contributed by atoms with Gasteiger partial charge >= 0.3 is 5.97 Å². The molecule has 0 radical (unpaired) electrons. The minimum atomic E-state index is -1.41. The summed E-state index contributed by atoms with van der Waals surface area (Å²) in [7, 11) is 0. The summed E-state index contributed by atoms with van der Waals surface area (Å²) in [5.74, 6) is -6.00. The lowest BCUT2D eigenvalue weighted by Gasteiger charge is -2.25. The van der Waals surface area contributed by atoms with Gasteiger partial charge in [-0.2, -0.15) is 0 Å². The molecule has 0 aliphatic carbocycles. The second-order valence-corrected chi connectivity index (χ2v) is 8.70. The fraction of sp³-hybridized carbons (Fsp3) is 0.619. The molecular weight excluding hydrogens is 532 g/mol. The van der Waals surface area contributed by atoms with Gasteiger partial charge in [-0.05, 0) is 32.1 Å². The van der Waals surface area contributed by atoms with Crippen molar-refractivity contribution >= 4 is 47.4 Å². The molecule has 226 valence electrons. The summed E-state index contributed by atoms with van der Waals surface area (Å²) in [6.07, 6.45) is -0.745. The molecule has 0 aromatic rings. The maximum Gasteiger partial charge on any atom is 0.326 e. The monoisotopic (exact) mass is 572 g/mol. The fourth-order valence-electron chi connectivity index (χ4n) is 3.22. The largest absolute Gasteiger partial charge is 0.480 e.